The SMILES string of the molecule is CCN(C(=O)OCc1ccccc1)C1CCN(CCC(C)(Cn2c(O)c(Cc3c[nH]c4ccccc34)[nH]c2=O)c2cccc(Cl)c2)CC1. The third-order valence-corrected chi connectivity index (χ3v) is 10.1. The zero-order valence-electron chi connectivity index (χ0n) is 27.6. The van der Waals surface area contributed by atoms with E-state index in [1.807, 2.05) is 96.9 Å². The molecule has 0 saturated carbocycles. The minimum absolute atomic E-state index is 0.0434. The van der Waals surface area contributed by atoms with E-state index in [1.54, 1.807) is 0 Å². The van der Waals surface area contributed by atoms with Gasteiger partial charge in [-0.1, -0.05) is 79.2 Å². The summed E-state index contributed by atoms with van der Waals surface area (Å²) in [5.41, 5.74) is 3.64. The number of rotatable bonds is 12. The van der Waals surface area contributed by atoms with Crippen LogP contribution in [0.15, 0.2) is 89.9 Å². The van der Waals surface area contributed by atoms with E-state index in [4.69, 9.17) is 16.3 Å². The van der Waals surface area contributed by atoms with Crippen molar-refractivity contribution in [3.8, 4) is 5.88 Å². The largest absolute Gasteiger partial charge is 0.493 e. The van der Waals surface area contributed by atoms with Gasteiger partial charge in [-0.3, -0.25) is 4.57 Å². The number of nitrogens with one attached hydrogen (secondary N) is 2. The zero-order valence-corrected chi connectivity index (χ0v) is 28.4. The van der Waals surface area contributed by atoms with Crippen LogP contribution in [-0.2, 0) is 29.7 Å². The maximum absolute atomic E-state index is 13.3. The van der Waals surface area contributed by atoms with Gasteiger partial charge in [0.25, 0.3) is 0 Å². The molecule has 252 valence electrons. The van der Waals surface area contributed by atoms with E-state index in [2.05, 4.69) is 21.8 Å². The predicted octanol–water partition coefficient (Wildman–Crippen LogP) is 7.08. The van der Waals surface area contributed by atoms with Crippen molar-refractivity contribution < 1.29 is 14.6 Å². The molecule has 1 aliphatic rings. The number of para-hydroxylation sites is 1. The molecular weight excluding hydrogens is 626 g/mol. The first-order valence-corrected chi connectivity index (χ1v) is 17.1. The molecule has 48 heavy (non-hydrogen) atoms. The van der Waals surface area contributed by atoms with Crippen LogP contribution in [0, 0.1) is 0 Å². The number of carbonyl (C=O) groups excluding carboxylic acids is 1. The number of hydrogen-bond donors (Lipinski definition) is 3. The Hall–Kier alpha value is -4.47. The Morgan fingerprint density at radius 2 is 1.81 bits per heavy atom. The molecule has 9 nitrogen and oxygen atoms in total. The van der Waals surface area contributed by atoms with Gasteiger partial charge in [0.2, 0.25) is 5.88 Å². The quantitative estimate of drug-likeness (QED) is 0.132. The lowest BCUT2D eigenvalue weighted by Gasteiger charge is -2.39. The molecule has 1 aliphatic heterocycles. The van der Waals surface area contributed by atoms with Gasteiger partial charge in [0.05, 0.1) is 5.69 Å². The van der Waals surface area contributed by atoms with Gasteiger partial charge in [0.15, 0.2) is 0 Å². The summed E-state index contributed by atoms with van der Waals surface area (Å²) < 4.78 is 7.10. The number of imidazole rings is 1. The van der Waals surface area contributed by atoms with Crippen LogP contribution in [-0.4, -0.2) is 67.8 Å². The van der Waals surface area contributed by atoms with Crippen molar-refractivity contribution in [2.45, 2.75) is 64.1 Å². The number of fused-ring (bicyclic) bond motifs is 1. The summed E-state index contributed by atoms with van der Waals surface area (Å²) in [5.74, 6) is -0.0434. The van der Waals surface area contributed by atoms with E-state index in [9.17, 15) is 14.7 Å². The van der Waals surface area contributed by atoms with E-state index in [0.717, 1.165) is 66.5 Å². The highest BCUT2D eigenvalue weighted by atomic mass is 35.5. The standard InChI is InChI=1S/C38H44ClN5O4/c1-3-43(37(47)48-25-27-10-5-4-6-11-27)31-16-19-42(20-17-31)21-18-38(2,29-12-9-13-30(39)23-29)26-44-35(45)34(41-36(44)46)22-28-24-40-33-15-8-7-14-32(28)33/h4-15,23-24,31,40,45H,3,16-22,25-26H2,1-2H3,(H,41,46). The van der Waals surface area contributed by atoms with Gasteiger partial charge in [-0.15, -0.1) is 0 Å². The topological polar surface area (TPSA) is 107 Å². The number of aromatic amines is 2. The molecule has 0 spiro atoms. The van der Waals surface area contributed by atoms with Crippen molar-refractivity contribution in [3.05, 3.63) is 123 Å². The van der Waals surface area contributed by atoms with Crippen molar-refractivity contribution >= 4 is 28.6 Å². The first kappa shape index (κ1) is 33.4. The lowest BCUT2D eigenvalue weighted by molar-refractivity contribution is 0.0618. The summed E-state index contributed by atoms with van der Waals surface area (Å²) in [6.07, 6.45) is 4.51. The lowest BCUT2D eigenvalue weighted by Crippen LogP contribution is -2.48. The smallest absolute Gasteiger partial charge is 0.410 e. The van der Waals surface area contributed by atoms with Crippen LogP contribution in [0.25, 0.3) is 10.9 Å². The lowest BCUT2D eigenvalue weighted by atomic mass is 9.79. The van der Waals surface area contributed by atoms with Gasteiger partial charge in [0.1, 0.15) is 6.61 Å². The molecule has 1 saturated heterocycles. The van der Waals surface area contributed by atoms with Gasteiger partial charge in [-0.2, -0.15) is 0 Å². The molecular formula is C38H44ClN5O4. The second-order valence-corrected chi connectivity index (χ2v) is 13.5. The Balaban J connectivity index is 1.12. The van der Waals surface area contributed by atoms with Crippen LogP contribution in [0.1, 0.15) is 55.5 Å². The molecule has 6 rings (SSSR count). The van der Waals surface area contributed by atoms with Crippen LogP contribution >= 0.6 is 11.6 Å². The number of halogens is 1. The Kier molecular flexibility index (Phi) is 10.3. The summed E-state index contributed by atoms with van der Waals surface area (Å²) in [7, 11) is 0. The Morgan fingerprint density at radius 1 is 1.06 bits per heavy atom. The number of nitrogens with zero attached hydrogens (tertiary/aromatic N) is 3. The number of carbonyl (C=O) groups is 1. The first-order valence-electron chi connectivity index (χ1n) is 16.8. The molecule has 2 aromatic heterocycles. The molecule has 0 bridgehead atoms. The molecule has 0 radical (unpaired) electrons. The highest BCUT2D eigenvalue weighted by molar-refractivity contribution is 6.30. The molecule has 10 heteroatoms. The maximum Gasteiger partial charge on any atom is 0.410 e. The number of likely N-dealkylation sites (tertiary alicyclic amines) is 1. The normalized spacial score (nSPS) is 15.4. The van der Waals surface area contributed by atoms with E-state index in [0.29, 0.717) is 23.7 Å². The number of hydrogen-bond acceptors (Lipinski definition) is 5. The summed E-state index contributed by atoms with van der Waals surface area (Å²) in [4.78, 5) is 36.7. The molecule has 1 unspecified atom stereocenters. The van der Waals surface area contributed by atoms with Gasteiger partial charge in [-0.25, -0.2) is 9.59 Å². The van der Waals surface area contributed by atoms with E-state index >= 15 is 0 Å². The first-order chi connectivity index (χ1) is 23.2. The fourth-order valence-corrected chi connectivity index (χ4v) is 7.17. The summed E-state index contributed by atoms with van der Waals surface area (Å²) in [6.45, 7) is 7.77. The van der Waals surface area contributed by atoms with Gasteiger partial charge in [0, 0.05) is 66.2 Å². The van der Waals surface area contributed by atoms with Crippen LogP contribution in [0.3, 0.4) is 0 Å². The molecule has 3 N–H and O–H groups in total. The molecule has 5 aromatic rings. The second kappa shape index (κ2) is 14.7. The monoisotopic (exact) mass is 669 g/mol. The second-order valence-electron chi connectivity index (χ2n) is 13.1. The predicted molar refractivity (Wildman–Crippen MR) is 190 cm³/mol. The van der Waals surface area contributed by atoms with E-state index in [1.165, 1.54) is 4.57 Å². The van der Waals surface area contributed by atoms with Gasteiger partial charge >= 0.3 is 11.8 Å². The molecule has 1 atom stereocenters. The number of aromatic hydroxyl groups is 1. The average Bonchev–Trinajstić information content (AvgIpc) is 3.63. The van der Waals surface area contributed by atoms with E-state index in [-0.39, 0.29) is 36.9 Å². The average molecular weight is 670 g/mol. The summed E-state index contributed by atoms with van der Waals surface area (Å²) >= 11 is 6.46. The molecule has 3 heterocycles. The third-order valence-electron chi connectivity index (χ3n) is 9.86. The number of amides is 1. The van der Waals surface area contributed by atoms with Crippen molar-refractivity contribution in [2.24, 2.45) is 0 Å². The molecule has 1 fully saturated rings. The highest BCUT2D eigenvalue weighted by Gasteiger charge is 2.33. The zero-order chi connectivity index (χ0) is 33.7. The highest BCUT2D eigenvalue weighted by Crippen LogP contribution is 2.34. The third kappa shape index (κ3) is 7.48. The Morgan fingerprint density at radius 3 is 2.56 bits per heavy atom. The van der Waals surface area contributed by atoms with Crippen molar-refractivity contribution in [3.63, 3.8) is 0 Å². The number of aromatic nitrogens is 3. The fourth-order valence-electron chi connectivity index (χ4n) is 6.98. The number of benzene rings is 3. The van der Waals surface area contributed by atoms with Crippen LogP contribution in [0.4, 0.5) is 4.79 Å². The van der Waals surface area contributed by atoms with Crippen LogP contribution in [0.5, 0.6) is 5.88 Å². The number of piperidine rings is 1. The van der Waals surface area contributed by atoms with Crippen molar-refractivity contribution in [1.82, 2.24) is 24.3 Å². The van der Waals surface area contributed by atoms with Crippen LogP contribution in [0.2, 0.25) is 5.02 Å². The summed E-state index contributed by atoms with van der Waals surface area (Å²) in [5, 5.41) is 13.0. The fraction of sp³-hybridized carbons (Fsp3) is 0.368. The van der Waals surface area contributed by atoms with Crippen molar-refractivity contribution in [2.75, 3.05) is 26.2 Å². The maximum atomic E-state index is 13.3. The molecule has 1 amide bonds. The van der Waals surface area contributed by atoms with E-state index < -0.39 is 5.41 Å². The van der Waals surface area contributed by atoms with Gasteiger partial charge in [-0.05, 0) is 67.6 Å². The Bertz CT molecular complexity index is 1890. The number of H-pyrrole nitrogens is 2. The number of ether oxygens (including phenoxy) is 1. The minimum Gasteiger partial charge on any atom is -0.493 e. The minimum atomic E-state index is -0.500. The molecule has 0 aliphatic carbocycles. The van der Waals surface area contributed by atoms with Crippen molar-refractivity contribution in [1.29, 1.82) is 0 Å². The van der Waals surface area contributed by atoms with Crippen LogP contribution < -0.4 is 5.69 Å². The Labute approximate surface area is 286 Å². The van der Waals surface area contributed by atoms with Gasteiger partial charge < -0.3 is 29.6 Å². The molecule has 3 aromatic carbocycles. The summed E-state index contributed by atoms with van der Waals surface area (Å²) in [6, 6.07) is 25.6.